The third kappa shape index (κ3) is 3.23. The topological polar surface area (TPSA) is 58.6 Å². The molecule has 5 nitrogen and oxygen atoms in total. The minimum Gasteiger partial charge on any atom is -0.380 e. The number of ether oxygens (including phenoxy) is 1. The third-order valence-corrected chi connectivity index (χ3v) is 6.36. The summed E-state index contributed by atoms with van der Waals surface area (Å²) in [6.07, 6.45) is 0.740. The molecule has 1 aromatic rings. The lowest BCUT2D eigenvalue weighted by molar-refractivity contribution is 0.181. The Balaban J connectivity index is 2.34. The Labute approximate surface area is 128 Å². The van der Waals surface area contributed by atoms with Gasteiger partial charge in [-0.25, -0.2) is 8.42 Å². The van der Waals surface area contributed by atoms with E-state index in [1.54, 1.807) is 19.2 Å². The van der Waals surface area contributed by atoms with Crippen LogP contribution in [0.3, 0.4) is 0 Å². The van der Waals surface area contributed by atoms with Crippen LogP contribution in [0.4, 0.5) is 0 Å². The molecular weight excluding hydrogens is 344 g/mol. The van der Waals surface area contributed by atoms with Gasteiger partial charge in [-0.3, -0.25) is 0 Å². The first-order chi connectivity index (χ1) is 9.46. The van der Waals surface area contributed by atoms with Crippen LogP contribution < -0.4 is 5.32 Å². The summed E-state index contributed by atoms with van der Waals surface area (Å²) in [5.74, 6) is 0. The molecule has 2 rings (SSSR count). The maximum Gasteiger partial charge on any atom is 0.244 e. The molecule has 7 heteroatoms. The molecule has 1 unspecified atom stereocenters. The molecule has 112 valence electrons. The highest BCUT2D eigenvalue weighted by atomic mass is 79.9. The van der Waals surface area contributed by atoms with Crippen molar-refractivity contribution in [3.8, 4) is 0 Å². The van der Waals surface area contributed by atoms with E-state index in [4.69, 9.17) is 4.74 Å². The quantitative estimate of drug-likeness (QED) is 0.863. The van der Waals surface area contributed by atoms with Gasteiger partial charge in [-0.2, -0.15) is 4.31 Å². The highest BCUT2D eigenvalue weighted by Gasteiger charge is 2.31. The molecule has 0 saturated carbocycles. The first-order valence-corrected chi connectivity index (χ1v) is 8.69. The van der Waals surface area contributed by atoms with Crippen molar-refractivity contribution in [1.82, 2.24) is 9.62 Å². The average molecular weight is 363 g/mol. The fourth-order valence-corrected chi connectivity index (χ4v) is 4.56. The molecule has 1 heterocycles. The van der Waals surface area contributed by atoms with Gasteiger partial charge >= 0.3 is 0 Å². The number of nitrogens with one attached hydrogen (secondary N) is 1. The first kappa shape index (κ1) is 15.9. The molecule has 0 radical (unpaired) electrons. The predicted octanol–water partition coefficient (Wildman–Crippen LogP) is 1.58. The minimum atomic E-state index is -3.52. The van der Waals surface area contributed by atoms with Crippen molar-refractivity contribution in [2.24, 2.45) is 0 Å². The van der Waals surface area contributed by atoms with Crippen molar-refractivity contribution in [1.29, 1.82) is 0 Å². The maximum absolute atomic E-state index is 12.7. The lowest BCUT2D eigenvalue weighted by Crippen LogP contribution is -2.37. The highest BCUT2D eigenvalue weighted by molar-refractivity contribution is 9.10. The van der Waals surface area contributed by atoms with Gasteiger partial charge in [0.05, 0.1) is 17.5 Å². The summed E-state index contributed by atoms with van der Waals surface area (Å²) in [7, 11) is -0.0667. The van der Waals surface area contributed by atoms with Gasteiger partial charge in [-0.05, 0) is 47.1 Å². The van der Waals surface area contributed by atoms with E-state index in [2.05, 4.69) is 21.2 Å². The Hall–Kier alpha value is -0.470. The average Bonchev–Trinajstić information content (AvgIpc) is 2.94. The van der Waals surface area contributed by atoms with E-state index in [1.807, 2.05) is 13.1 Å². The second-order valence-corrected chi connectivity index (χ2v) is 7.65. The van der Waals surface area contributed by atoms with Gasteiger partial charge in [-0.15, -0.1) is 0 Å². The van der Waals surface area contributed by atoms with Crippen LogP contribution in [0.15, 0.2) is 27.6 Å². The third-order valence-electron chi connectivity index (χ3n) is 3.45. The molecule has 0 spiro atoms. The van der Waals surface area contributed by atoms with Crippen LogP contribution in [0, 0.1) is 0 Å². The van der Waals surface area contributed by atoms with Crippen molar-refractivity contribution in [2.45, 2.75) is 23.9 Å². The van der Waals surface area contributed by atoms with Crippen LogP contribution in [-0.4, -0.2) is 46.1 Å². The van der Waals surface area contributed by atoms with Crippen LogP contribution in [-0.2, 0) is 21.3 Å². The van der Waals surface area contributed by atoms with E-state index in [0.717, 1.165) is 12.0 Å². The normalized spacial score (nSPS) is 19.7. The van der Waals surface area contributed by atoms with E-state index >= 15 is 0 Å². The van der Waals surface area contributed by atoms with Crippen LogP contribution in [0.25, 0.3) is 0 Å². The van der Waals surface area contributed by atoms with Gasteiger partial charge in [0.1, 0.15) is 0 Å². The van der Waals surface area contributed by atoms with Crippen LogP contribution in [0.5, 0.6) is 0 Å². The molecule has 20 heavy (non-hydrogen) atoms. The van der Waals surface area contributed by atoms with E-state index < -0.39 is 10.0 Å². The van der Waals surface area contributed by atoms with Crippen molar-refractivity contribution < 1.29 is 13.2 Å². The van der Waals surface area contributed by atoms with E-state index in [0.29, 0.717) is 29.1 Å². The van der Waals surface area contributed by atoms with Crippen LogP contribution in [0.1, 0.15) is 12.0 Å². The van der Waals surface area contributed by atoms with Gasteiger partial charge in [0.15, 0.2) is 0 Å². The molecule has 1 aliphatic heterocycles. The number of hydrogen-bond acceptors (Lipinski definition) is 4. The van der Waals surface area contributed by atoms with Crippen molar-refractivity contribution in [2.75, 3.05) is 27.3 Å². The Bertz CT molecular complexity index is 571. The molecule has 1 fully saturated rings. The Kier molecular flexibility index (Phi) is 5.19. The van der Waals surface area contributed by atoms with Gasteiger partial charge < -0.3 is 10.1 Å². The second-order valence-electron chi connectivity index (χ2n) is 4.83. The molecular formula is C13H19BrN2O3S. The number of nitrogens with zero attached hydrogens (tertiary/aromatic N) is 1. The SMILES string of the molecule is CNCc1ccc(Br)c(S(=O)(=O)N(C)C2CCOC2)c1. The van der Waals surface area contributed by atoms with Crippen LogP contribution >= 0.6 is 15.9 Å². The van der Waals surface area contributed by atoms with Crippen LogP contribution in [0.2, 0.25) is 0 Å². The lowest BCUT2D eigenvalue weighted by Gasteiger charge is -2.23. The van der Waals surface area contributed by atoms with Gasteiger partial charge in [0.25, 0.3) is 0 Å². The molecule has 1 atom stereocenters. The summed E-state index contributed by atoms with van der Waals surface area (Å²) >= 11 is 3.34. The largest absolute Gasteiger partial charge is 0.380 e. The molecule has 0 bridgehead atoms. The molecule has 0 aliphatic carbocycles. The van der Waals surface area contributed by atoms with E-state index in [1.165, 1.54) is 4.31 Å². The molecule has 1 N–H and O–H groups in total. The first-order valence-electron chi connectivity index (χ1n) is 6.45. The summed E-state index contributed by atoms with van der Waals surface area (Å²) < 4.78 is 32.7. The summed E-state index contributed by atoms with van der Waals surface area (Å²) in [4.78, 5) is 0.305. The molecule has 0 aromatic heterocycles. The zero-order valence-electron chi connectivity index (χ0n) is 11.6. The standard InChI is InChI=1S/C13H19BrN2O3S/c1-15-8-10-3-4-12(14)13(7-10)20(17,18)16(2)11-5-6-19-9-11/h3-4,7,11,15H,5-6,8-9H2,1-2H3. The number of benzene rings is 1. The summed E-state index contributed by atoms with van der Waals surface area (Å²) in [5.41, 5.74) is 0.936. The monoisotopic (exact) mass is 362 g/mol. The fourth-order valence-electron chi connectivity index (χ4n) is 2.22. The number of rotatable bonds is 5. The number of sulfonamides is 1. The van der Waals surface area contributed by atoms with E-state index in [-0.39, 0.29) is 6.04 Å². The van der Waals surface area contributed by atoms with Gasteiger partial charge in [0, 0.05) is 24.7 Å². The lowest BCUT2D eigenvalue weighted by atomic mass is 10.2. The summed E-state index contributed by atoms with van der Waals surface area (Å²) in [5, 5.41) is 3.02. The van der Waals surface area contributed by atoms with Gasteiger partial charge in [0.2, 0.25) is 10.0 Å². The smallest absolute Gasteiger partial charge is 0.244 e. The Morgan fingerprint density at radius 1 is 1.50 bits per heavy atom. The molecule has 1 aromatic carbocycles. The fraction of sp³-hybridized carbons (Fsp3) is 0.538. The molecule has 1 aliphatic rings. The number of hydrogen-bond donors (Lipinski definition) is 1. The Morgan fingerprint density at radius 3 is 2.85 bits per heavy atom. The minimum absolute atomic E-state index is 0.0835. The molecule has 1 saturated heterocycles. The highest BCUT2D eigenvalue weighted by Crippen LogP contribution is 2.28. The summed E-state index contributed by atoms with van der Waals surface area (Å²) in [6, 6.07) is 5.30. The Morgan fingerprint density at radius 2 is 2.25 bits per heavy atom. The number of likely N-dealkylation sites (N-methyl/N-ethyl adjacent to an activating group) is 1. The van der Waals surface area contributed by atoms with E-state index in [9.17, 15) is 8.42 Å². The van der Waals surface area contributed by atoms with Crippen molar-refractivity contribution in [3.05, 3.63) is 28.2 Å². The zero-order chi connectivity index (χ0) is 14.8. The second kappa shape index (κ2) is 6.53. The predicted molar refractivity (Wildman–Crippen MR) is 81.1 cm³/mol. The van der Waals surface area contributed by atoms with Crippen molar-refractivity contribution >= 4 is 26.0 Å². The van der Waals surface area contributed by atoms with Gasteiger partial charge in [-0.1, -0.05) is 6.07 Å². The number of halogens is 1. The van der Waals surface area contributed by atoms with Crippen molar-refractivity contribution in [3.63, 3.8) is 0 Å². The zero-order valence-corrected chi connectivity index (χ0v) is 14.0. The summed E-state index contributed by atoms with van der Waals surface area (Å²) in [6.45, 7) is 1.71. The molecule has 0 amide bonds. The maximum atomic E-state index is 12.7.